The molecule has 0 atom stereocenters. The van der Waals surface area contributed by atoms with Crippen LogP contribution in [0, 0.1) is 17.7 Å². The van der Waals surface area contributed by atoms with Crippen LogP contribution < -0.4 is 10.5 Å². The molecule has 17 heavy (non-hydrogen) atoms. The Morgan fingerprint density at radius 1 is 1.53 bits per heavy atom. The van der Waals surface area contributed by atoms with E-state index in [1.165, 1.54) is 0 Å². The molecule has 2 rings (SSSR count). The molecule has 0 unspecified atom stereocenters. The quantitative estimate of drug-likeness (QED) is 0.625. The van der Waals surface area contributed by atoms with E-state index in [9.17, 15) is 0 Å². The predicted molar refractivity (Wildman–Crippen MR) is 69.9 cm³/mol. The number of nitrogens with two attached hydrogens (primary N) is 1. The normalized spacial score (nSPS) is 16.6. The van der Waals surface area contributed by atoms with Gasteiger partial charge in [0.2, 0.25) is 0 Å². The summed E-state index contributed by atoms with van der Waals surface area (Å²) in [6.07, 6.45) is 2.78. The molecule has 1 aromatic carbocycles. The van der Waals surface area contributed by atoms with Gasteiger partial charge in [0.25, 0.3) is 0 Å². The maximum absolute atomic E-state index is 7.34. The molecule has 0 spiro atoms. The average molecular weight is 253 g/mol. The number of hydrogen-bond acceptors (Lipinski definition) is 2. The Bertz CT molecular complexity index is 441. The fourth-order valence-corrected chi connectivity index (χ4v) is 2.20. The van der Waals surface area contributed by atoms with Crippen LogP contribution in [0.4, 0.5) is 0 Å². The SMILES string of the molecule is Cc1ccc(OCC2(CC(=N)N)CC2)c(Cl)c1. The van der Waals surface area contributed by atoms with Crippen LogP contribution in [0.25, 0.3) is 0 Å². The smallest absolute Gasteiger partial charge is 0.137 e. The van der Waals surface area contributed by atoms with Crippen molar-refractivity contribution in [3.63, 3.8) is 0 Å². The summed E-state index contributed by atoms with van der Waals surface area (Å²) in [4.78, 5) is 0. The predicted octanol–water partition coefficient (Wildman–Crippen LogP) is 3.13. The van der Waals surface area contributed by atoms with E-state index in [1.54, 1.807) is 0 Å². The summed E-state index contributed by atoms with van der Waals surface area (Å²) in [6.45, 7) is 2.59. The molecular formula is C13H17ClN2O. The molecule has 1 aliphatic carbocycles. The number of aryl methyl sites for hydroxylation is 1. The summed E-state index contributed by atoms with van der Waals surface area (Å²) >= 11 is 6.09. The highest BCUT2D eigenvalue weighted by Gasteiger charge is 2.44. The molecule has 0 saturated heterocycles. The zero-order chi connectivity index (χ0) is 12.5. The van der Waals surface area contributed by atoms with Crippen molar-refractivity contribution in [2.24, 2.45) is 11.1 Å². The van der Waals surface area contributed by atoms with Gasteiger partial charge >= 0.3 is 0 Å². The summed E-state index contributed by atoms with van der Waals surface area (Å²) in [6, 6.07) is 5.76. The van der Waals surface area contributed by atoms with Crippen molar-refractivity contribution in [2.75, 3.05) is 6.61 Å². The van der Waals surface area contributed by atoms with E-state index in [1.807, 2.05) is 25.1 Å². The van der Waals surface area contributed by atoms with Crippen molar-refractivity contribution >= 4 is 17.4 Å². The minimum atomic E-state index is 0.0834. The number of ether oxygens (including phenoxy) is 1. The number of benzene rings is 1. The topological polar surface area (TPSA) is 59.1 Å². The second-order valence-corrected chi connectivity index (χ2v) is 5.33. The summed E-state index contributed by atoms with van der Waals surface area (Å²) in [5, 5.41) is 7.98. The van der Waals surface area contributed by atoms with Gasteiger partial charge in [-0.25, -0.2) is 0 Å². The second-order valence-electron chi connectivity index (χ2n) is 4.92. The van der Waals surface area contributed by atoms with E-state index in [0.717, 1.165) is 18.4 Å². The first-order valence-electron chi connectivity index (χ1n) is 5.73. The largest absolute Gasteiger partial charge is 0.491 e. The molecule has 0 radical (unpaired) electrons. The molecule has 1 fully saturated rings. The zero-order valence-electron chi connectivity index (χ0n) is 9.92. The minimum Gasteiger partial charge on any atom is -0.491 e. The number of halogens is 1. The number of rotatable bonds is 5. The van der Waals surface area contributed by atoms with Gasteiger partial charge in [-0.05, 0) is 37.5 Å². The van der Waals surface area contributed by atoms with E-state index in [-0.39, 0.29) is 11.3 Å². The molecule has 1 aliphatic rings. The highest BCUT2D eigenvalue weighted by Crippen LogP contribution is 2.49. The summed E-state index contributed by atoms with van der Waals surface area (Å²) in [7, 11) is 0. The Morgan fingerprint density at radius 2 is 2.24 bits per heavy atom. The van der Waals surface area contributed by atoms with Gasteiger partial charge in [-0.2, -0.15) is 0 Å². The van der Waals surface area contributed by atoms with Crippen molar-refractivity contribution in [1.82, 2.24) is 0 Å². The van der Waals surface area contributed by atoms with E-state index < -0.39 is 0 Å². The van der Waals surface area contributed by atoms with Crippen LogP contribution in [0.2, 0.25) is 5.02 Å². The first-order chi connectivity index (χ1) is 8.01. The highest BCUT2D eigenvalue weighted by atomic mass is 35.5. The zero-order valence-corrected chi connectivity index (χ0v) is 10.7. The summed E-state index contributed by atoms with van der Waals surface area (Å²) < 4.78 is 5.74. The highest BCUT2D eigenvalue weighted by molar-refractivity contribution is 6.32. The first-order valence-corrected chi connectivity index (χ1v) is 6.10. The Morgan fingerprint density at radius 3 is 2.76 bits per heavy atom. The lowest BCUT2D eigenvalue weighted by molar-refractivity contribution is 0.238. The molecule has 0 amide bonds. The third kappa shape index (κ3) is 3.13. The number of nitrogens with one attached hydrogen (secondary N) is 1. The molecule has 0 heterocycles. The molecule has 3 nitrogen and oxygen atoms in total. The van der Waals surface area contributed by atoms with Crippen LogP contribution in [0.1, 0.15) is 24.8 Å². The van der Waals surface area contributed by atoms with Gasteiger partial charge in [-0.1, -0.05) is 17.7 Å². The van der Waals surface area contributed by atoms with E-state index in [2.05, 4.69) is 0 Å². The molecule has 0 aliphatic heterocycles. The van der Waals surface area contributed by atoms with Crippen molar-refractivity contribution in [3.05, 3.63) is 28.8 Å². The molecule has 92 valence electrons. The molecule has 4 heteroatoms. The third-order valence-corrected chi connectivity index (χ3v) is 3.44. The lowest BCUT2D eigenvalue weighted by atomic mass is 10.0. The van der Waals surface area contributed by atoms with Crippen LogP contribution in [-0.2, 0) is 0 Å². The molecule has 1 aromatic rings. The fourth-order valence-electron chi connectivity index (χ4n) is 1.91. The van der Waals surface area contributed by atoms with Crippen LogP contribution in [0.15, 0.2) is 18.2 Å². The standard InChI is InChI=1S/C13H17ClN2O/c1-9-2-3-11(10(14)6-9)17-8-13(4-5-13)7-12(15)16/h2-3,6H,4-5,7-8H2,1H3,(H3,15,16). The fraction of sp³-hybridized carbons (Fsp3) is 0.462. The maximum Gasteiger partial charge on any atom is 0.137 e. The van der Waals surface area contributed by atoms with Crippen molar-refractivity contribution < 1.29 is 4.74 Å². The molecular weight excluding hydrogens is 236 g/mol. The van der Waals surface area contributed by atoms with Gasteiger partial charge in [0.15, 0.2) is 0 Å². The van der Waals surface area contributed by atoms with E-state index >= 15 is 0 Å². The van der Waals surface area contributed by atoms with Gasteiger partial charge in [0, 0.05) is 11.8 Å². The summed E-state index contributed by atoms with van der Waals surface area (Å²) in [5.41, 5.74) is 6.64. The average Bonchev–Trinajstić information content (AvgIpc) is 2.96. The van der Waals surface area contributed by atoms with Gasteiger partial charge in [0.1, 0.15) is 5.75 Å². The minimum absolute atomic E-state index is 0.0834. The van der Waals surface area contributed by atoms with Crippen LogP contribution in [0.5, 0.6) is 5.75 Å². The van der Waals surface area contributed by atoms with Gasteiger partial charge in [-0.15, -0.1) is 0 Å². The van der Waals surface area contributed by atoms with Gasteiger partial charge in [-0.3, -0.25) is 5.41 Å². The van der Waals surface area contributed by atoms with Crippen molar-refractivity contribution in [3.8, 4) is 5.75 Å². The Hall–Kier alpha value is -1.22. The number of amidine groups is 1. The molecule has 0 bridgehead atoms. The number of hydrogen-bond donors (Lipinski definition) is 2. The van der Waals surface area contributed by atoms with Gasteiger partial charge in [0.05, 0.1) is 17.5 Å². The van der Waals surface area contributed by atoms with Gasteiger partial charge < -0.3 is 10.5 Å². The second kappa shape index (κ2) is 4.57. The molecule has 1 saturated carbocycles. The molecule has 3 N–H and O–H groups in total. The monoisotopic (exact) mass is 252 g/mol. The van der Waals surface area contributed by atoms with E-state index in [4.69, 9.17) is 27.5 Å². The van der Waals surface area contributed by atoms with Crippen molar-refractivity contribution in [2.45, 2.75) is 26.2 Å². The lowest BCUT2D eigenvalue weighted by Gasteiger charge is -2.16. The molecule has 0 aromatic heterocycles. The van der Waals surface area contributed by atoms with Crippen LogP contribution >= 0.6 is 11.6 Å². The maximum atomic E-state index is 7.34. The third-order valence-electron chi connectivity index (χ3n) is 3.14. The van der Waals surface area contributed by atoms with Crippen molar-refractivity contribution in [1.29, 1.82) is 5.41 Å². The van der Waals surface area contributed by atoms with Crippen LogP contribution in [0.3, 0.4) is 0 Å². The Labute approximate surface area is 106 Å². The first kappa shape index (κ1) is 12.2. The lowest BCUT2D eigenvalue weighted by Crippen LogP contribution is -2.21. The van der Waals surface area contributed by atoms with E-state index in [0.29, 0.717) is 23.8 Å². The van der Waals surface area contributed by atoms with Crippen LogP contribution in [-0.4, -0.2) is 12.4 Å². The summed E-state index contributed by atoms with van der Waals surface area (Å²) in [5.74, 6) is 0.952. The Balaban J connectivity index is 1.96. The Kier molecular flexibility index (Phi) is 3.29.